The van der Waals surface area contributed by atoms with E-state index in [2.05, 4.69) is 39.8 Å². The Balaban J connectivity index is 2.52. The second kappa shape index (κ2) is 4.98. The Bertz CT molecular complexity index is 271. The van der Waals surface area contributed by atoms with Gasteiger partial charge in [-0.3, -0.25) is 0 Å². The molecule has 0 bridgehead atoms. The average Bonchev–Trinajstić information content (AvgIpc) is 2.40. The molecule has 0 aromatic carbocycles. The van der Waals surface area contributed by atoms with Gasteiger partial charge < -0.3 is 4.74 Å². The maximum Gasteiger partial charge on any atom is 0.0670 e. The van der Waals surface area contributed by atoms with Gasteiger partial charge in [-0.15, -0.1) is 0 Å². The first-order chi connectivity index (χ1) is 6.98. The molecule has 0 heterocycles. The highest BCUT2D eigenvalue weighted by atomic mass is 16.5. The Kier molecular flexibility index (Phi) is 4.15. The summed E-state index contributed by atoms with van der Waals surface area (Å²) in [6.07, 6.45) is 7.14. The third-order valence-corrected chi connectivity index (χ3v) is 3.87. The molecule has 1 rings (SSSR count). The van der Waals surface area contributed by atoms with Crippen molar-refractivity contribution in [2.24, 2.45) is 11.3 Å². The molecule has 1 nitrogen and oxygen atoms in total. The van der Waals surface area contributed by atoms with Crippen molar-refractivity contribution in [2.45, 2.75) is 40.5 Å². The monoisotopic (exact) mass is 208 g/mol. The SMILES string of the molecule is COC/C(C)=C/C[C@H]1CC=C(C)C1(C)C. The Morgan fingerprint density at radius 3 is 2.73 bits per heavy atom. The zero-order valence-electron chi connectivity index (χ0n) is 10.8. The van der Waals surface area contributed by atoms with E-state index in [1.54, 1.807) is 12.7 Å². The number of hydrogen-bond acceptors (Lipinski definition) is 1. The summed E-state index contributed by atoms with van der Waals surface area (Å²) < 4.78 is 5.11. The Morgan fingerprint density at radius 2 is 2.27 bits per heavy atom. The van der Waals surface area contributed by atoms with E-state index < -0.39 is 0 Å². The number of methoxy groups -OCH3 is 1. The van der Waals surface area contributed by atoms with Gasteiger partial charge in [0.1, 0.15) is 0 Å². The predicted octanol–water partition coefficient (Wildman–Crippen LogP) is 3.96. The van der Waals surface area contributed by atoms with E-state index in [-0.39, 0.29) is 0 Å². The van der Waals surface area contributed by atoms with Crippen LogP contribution in [0.25, 0.3) is 0 Å². The molecule has 1 atom stereocenters. The molecule has 1 heteroatoms. The van der Waals surface area contributed by atoms with Crippen molar-refractivity contribution in [2.75, 3.05) is 13.7 Å². The van der Waals surface area contributed by atoms with Crippen molar-refractivity contribution in [3.8, 4) is 0 Å². The highest BCUT2D eigenvalue weighted by Gasteiger charge is 2.33. The number of rotatable bonds is 4. The van der Waals surface area contributed by atoms with Crippen LogP contribution in [0.15, 0.2) is 23.3 Å². The summed E-state index contributed by atoms with van der Waals surface area (Å²) in [7, 11) is 1.75. The topological polar surface area (TPSA) is 9.23 Å². The lowest BCUT2D eigenvalue weighted by molar-refractivity contribution is 0.224. The highest BCUT2D eigenvalue weighted by molar-refractivity contribution is 5.19. The molecule has 0 saturated carbocycles. The molecule has 0 spiro atoms. The smallest absolute Gasteiger partial charge is 0.0670 e. The minimum Gasteiger partial charge on any atom is -0.380 e. The van der Waals surface area contributed by atoms with Gasteiger partial charge in [-0.25, -0.2) is 0 Å². The van der Waals surface area contributed by atoms with Crippen LogP contribution < -0.4 is 0 Å². The predicted molar refractivity (Wildman–Crippen MR) is 65.9 cm³/mol. The Hall–Kier alpha value is -0.560. The van der Waals surface area contributed by atoms with Crippen molar-refractivity contribution in [3.63, 3.8) is 0 Å². The van der Waals surface area contributed by atoms with E-state index >= 15 is 0 Å². The summed E-state index contributed by atoms with van der Waals surface area (Å²) in [5, 5.41) is 0. The molecule has 86 valence electrons. The molecule has 1 aliphatic carbocycles. The molecule has 0 fully saturated rings. The second-order valence-corrected chi connectivity index (χ2v) is 5.26. The summed E-state index contributed by atoms with van der Waals surface area (Å²) in [5.74, 6) is 0.768. The van der Waals surface area contributed by atoms with Gasteiger partial charge >= 0.3 is 0 Å². The maximum atomic E-state index is 5.11. The molecule has 0 aromatic rings. The third kappa shape index (κ3) is 2.94. The summed E-state index contributed by atoms with van der Waals surface area (Å²) in [5.41, 5.74) is 3.27. The van der Waals surface area contributed by atoms with Crippen LogP contribution in [-0.2, 0) is 4.74 Å². The Morgan fingerprint density at radius 1 is 1.60 bits per heavy atom. The van der Waals surface area contributed by atoms with Crippen LogP contribution in [0.5, 0.6) is 0 Å². The van der Waals surface area contributed by atoms with E-state index in [9.17, 15) is 0 Å². The molecule has 0 amide bonds. The zero-order valence-corrected chi connectivity index (χ0v) is 10.8. The van der Waals surface area contributed by atoms with Gasteiger partial charge in [-0.05, 0) is 38.0 Å². The fourth-order valence-electron chi connectivity index (χ4n) is 2.22. The van der Waals surface area contributed by atoms with Crippen LogP contribution in [0.4, 0.5) is 0 Å². The molecule has 0 saturated heterocycles. The van der Waals surface area contributed by atoms with Gasteiger partial charge in [-0.2, -0.15) is 0 Å². The van der Waals surface area contributed by atoms with Crippen molar-refractivity contribution >= 4 is 0 Å². The largest absolute Gasteiger partial charge is 0.380 e. The lowest BCUT2D eigenvalue weighted by Crippen LogP contribution is -2.19. The quantitative estimate of drug-likeness (QED) is 0.635. The van der Waals surface area contributed by atoms with E-state index in [0.717, 1.165) is 12.5 Å². The molecule has 0 N–H and O–H groups in total. The van der Waals surface area contributed by atoms with Crippen molar-refractivity contribution in [1.82, 2.24) is 0 Å². The van der Waals surface area contributed by atoms with Gasteiger partial charge in [0.05, 0.1) is 6.61 Å². The van der Waals surface area contributed by atoms with Crippen LogP contribution >= 0.6 is 0 Å². The molecular formula is C14H24O. The van der Waals surface area contributed by atoms with Gasteiger partial charge in [0.15, 0.2) is 0 Å². The second-order valence-electron chi connectivity index (χ2n) is 5.26. The first-order valence-corrected chi connectivity index (χ1v) is 5.80. The minimum absolute atomic E-state index is 0.379. The fraction of sp³-hybridized carbons (Fsp3) is 0.714. The van der Waals surface area contributed by atoms with Crippen LogP contribution in [-0.4, -0.2) is 13.7 Å². The first kappa shape index (κ1) is 12.5. The number of ether oxygens (including phenoxy) is 1. The highest BCUT2D eigenvalue weighted by Crippen LogP contribution is 2.44. The standard InChI is InChI=1S/C14H24O/c1-11(10-15-5)6-8-13-9-7-12(2)14(13,3)4/h6-7,13H,8-10H2,1-5H3/b11-6+/t13-/m0/s1. The minimum atomic E-state index is 0.379. The lowest BCUT2D eigenvalue weighted by atomic mass is 9.76. The maximum absolute atomic E-state index is 5.11. The molecule has 0 unspecified atom stereocenters. The van der Waals surface area contributed by atoms with Crippen molar-refractivity contribution in [3.05, 3.63) is 23.3 Å². The average molecular weight is 208 g/mol. The first-order valence-electron chi connectivity index (χ1n) is 5.80. The molecule has 1 aliphatic rings. The molecule has 0 aromatic heterocycles. The molecule has 0 aliphatic heterocycles. The van der Waals surface area contributed by atoms with E-state index in [1.165, 1.54) is 18.4 Å². The van der Waals surface area contributed by atoms with Crippen LogP contribution in [0.1, 0.15) is 40.5 Å². The molecular weight excluding hydrogens is 184 g/mol. The third-order valence-electron chi connectivity index (χ3n) is 3.87. The lowest BCUT2D eigenvalue weighted by Gasteiger charge is -2.29. The summed E-state index contributed by atoms with van der Waals surface area (Å²) in [4.78, 5) is 0. The van der Waals surface area contributed by atoms with Crippen LogP contribution in [0, 0.1) is 11.3 Å². The molecule has 15 heavy (non-hydrogen) atoms. The summed E-state index contributed by atoms with van der Waals surface area (Å²) in [6.45, 7) is 9.88. The summed E-state index contributed by atoms with van der Waals surface area (Å²) >= 11 is 0. The Labute approximate surface area is 94.2 Å². The van der Waals surface area contributed by atoms with Gasteiger partial charge in [0, 0.05) is 7.11 Å². The molecule has 0 radical (unpaired) electrons. The van der Waals surface area contributed by atoms with Gasteiger partial charge in [0.25, 0.3) is 0 Å². The van der Waals surface area contributed by atoms with E-state index in [0.29, 0.717) is 5.41 Å². The zero-order chi connectivity index (χ0) is 11.5. The normalized spacial score (nSPS) is 25.5. The van der Waals surface area contributed by atoms with Gasteiger partial charge in [-0.1, -0.05) is 37.1 Å². The number of hydrogen-bond donors (Lipinski definition) is 0. The van der Waals surface area contributed by atoms with E-state index in [1.807, 2.05) is 0 Å². The van der Waals surface area contributed by atoms with Gasteiger partial charge in [0.2, 0.25) is 0 Å². The van der Waals surface area contributed by atoms with Crippen LogP contribution in [0.3, 0.4) is 0 Å². The number of allylic oxidation sites excluding steroid dienone is 3. The van der Waals surface area contributed by atoms with Crippen molar-refractivity contribution in [1.29, 1.82) is 0 Å². The van der Waals surface area contributed by atoms with Crippen molar-refractivity contribution < 1.29 is 4.74 Å². The summed E-state index contributed by atoms with van der Waals surface area (Å²) in [6, 6.07) is 0. The van der Waals surface area contributed by atoms with E-state index in [4.69, 9.17) is 4.74 Å². The fourth-order valence-corrected chi connectivity index (χ4v) is 2.22. The van der Waals surface area contributed by atoms with Crippen LogP contribution in [0.2, 0.25) is 0 Å².